The summed E-state index contributed by atoms with van der Waals surface area (Å²) >= 11 is 6.07. The first-order valence-electron chi connectivity index (χ1n) is 11.5. The van der Waals surface area contributed by atoms with Gasteiger partial charge in [-0.2, -0.15) is 0 Å². The number of ether oxygens (including phenoxy) is 1. The molecule has 5 heteroatoms. The second kappa shape index (κ2) is 10.7. The molecule has 0 aliphatic rings. The molecule has 0 unspecified atom stereocenters. The van der Waals surface area contributed by atoms with E-state index in [-0.39, 0.29) is 5.56 Å². The van der Waals surface area contributed by atoms with Crippen molar-refractivity contribution in [3.8, 4) is 17.1 Å². The Morgan fingerprint density at radius 1 is 0.909 bits per heavy atom. The Labute approximate surface area is 199 Å². The maximum atomic E-state index is 13.3. The maximum Gasteiger partial charge on any atom is 0.261 e. The van der Waals surface area contributed by atoms with Gasteiger partial charge < -0.3 is 4.74 Å². The minimum atomic E-state index is -0.00680. The van der Waals surface area contributed by atoms with E-state index in [0.29, 0.717) is 40.8 Å². The van der Waals surface area contributed by atoms with Crippen molar-refractivity contribution in [2.75, 3.05) is 6.61 Å². The minimum absolute atomic E-state index is 0.00680. The van der Waals surface area contributed by atoms with E-state index in [2.05, 4.69) is 26.0 Å². The molecule has 0 saturated heterocycles. The minimum Gasteiger partial charge on any atom is -0.493 e. The number of halogens is 1. The SMILES string of the molecule is CC(C)c1ccccc1OCCCCCn1c(-c2ccc(Cl)cc2)nc2ccccc2c1=O. The second-order valence-electron chi connectivity index (χ2n) is 8.52. The van der Waals surface area contributed by atoms with Crippen molar-refractivity contribution >= 4 is 22.5 Å². The zero-order valence-corrected chi connectivity index (χ0v) is 19.9. The summed E-state index contributed by atoms with van der Waals surface area (Å²) in [6.07, 6.45) is 2.76. The van der Waals surface area contributed by atoms with Crippen molar-refractivity contribution in [2.45, 2.75) is 45.6 Å². The molecule has 0 amide bonds. The van der Waals surface area contributed by atoms with Gasteiger partial charge in [0.05, 0.1) is 17.5 Å². The number of benzene rings is 3. The number of para-hydroxylation sites is 2. The third kappa shape index (κ3) is 5.45. The highest BCUT2D eigenvalue weighted by Crippen LogP contribution is 2.26. The Bertz CT molecular complexity index is 1280. The molecule has 0 spiro atoms. The van der Waals surface area contributed by atoms with Gasteiger partial charge in [0.25, 0.3) is 5.56 Å². The van der Waals surface area contributed by atoms with Gasteiger partial charge in [0.2, 0.25) is 0 Å². The molecule has 1 aromatic heterocycles. The van der Waals surface area contributed by atoms with E-state index in [9.17, 15) is 4.79 Å². The third-order valence-corrected chi connectivity index (χ3v) is 6.04. The normalized spacial score (nSPS) is 11.3. The van der Waals surface area contributed by atoms with Crippen LogP contribution in [0.4, 0.5) is 0 Å². The first kappa shape index (κ1) is 23.1. The second-order valence-corrected chi connectivity index (χ2v) is 8.95. The van der Waals surface area contributed by atoms with Crippen molar-refractivity contribution in [1.29, 1.82) is 0 Å². The summed E-state index contributed by atoms with van der Waals surface area (Å²) in [6, 6.07) is 23.2. The van der Waals surface area contributed by atoms with Crippen LogP contribution in [0, 0.1) is 0 Å². The van der Waals surface area contributed by atoms with Crippen LogP contribution in [-0.2, 0) is 6.54 Å². The van der Waals surface area contributed by atoms with Gasteiger partial charge in [-0.15, -0.1) is 0 Å². The lowest BCUT2D eigenvalue weighted by Crippen LogP contribution is -2.23. The van der Waals surface area contributed by atoms with E-state index in [1.54, 1.807) is 4.57 Å². The summed E-state index contributed by atoms with van der Waals surface area (Å²) in [5, 5.41) is 1.30. The molecule has 0 fully saturated rings. The summed E-state index contributed by atoms with van der Waals surface area (Å²) in [5.74, 6) is 2.07. The Hall–Kier alpha value is -3.11. The zero-order valence-electron chi connectivity index (χ0n) is 19.1. The largest absolute Gasteiger partial charge is 0.493 e. The summed E-state index contributed by atoms with van der Waals surface area (Å²) in [7, 11) is 0. The molecule has 0 bridgehead atoms. The van der Waals surface area contributed by atoms with Crippen LogP contribution in [0.5, 0.6) is 5.75 Å². The van der Waals surface area contributed by atoms with Gasteiger partial charge in [-0.3, -0.25) is 9.36 Å². The molecular weight excluding hydrogens is 432 g/mol. The Balaban J connectivity index is 1.45. The van der Waals surface area contributed by atoms with Crippen LogP contribution >= 0.6 is 11.6 Å². The van der Waals surface area contributed by atoms with E-state index in [1.165, 1.54) is 5.56 Å². The average Bonchev–Trinajstić information content (AvgIpc) is 2.83. The third-order valence-electron chi connectivity index (χ3n) is 5.79. The van der Waals surface area contributed by atoms with Gasteiger partial charge in [-0.1, -0.05) is 55.8 Å². The quantitative estimate of drug-likeness (QED) is 0.250. The lowest BCUT2D eigenvalue weighted by molar-refractivity contribution is 0.300. The fourth-order valence-electron chi connectivity index (χ4n) is 4.01. The summed E-state index contributed by atoms with van der Waals surface area (Å²) < 4.78 is 7.84. The number of aromatic nitrogens is 2. The predicted octanol–water partition coefficient (Wildman–Crippen LogP) is 7.09. The fraction of sp³-hybridized carbons (Fsp3) is 0.286. The molecule has 0 radical (unpaired) electrons. The van der Waals surface area contributed by atoms with Crippen molar-refractivity contribution in [1.82, 2.24) is 9.55 Å². The van der Waals surface area contributed by atoms with Gasteiger partial charge in [0.1, 0.15) is 11.6 Å². The lowest BCUT2D eigenvalue weighted by Gasteiger charge is -2.15. The molecule has 0 saturated carbocycles. The number of fused-ring (bicyclic) bond motifs is 1. The highest BCUT2D eigenvalue weighted by Gasteiger charge is 2.13. The Morgan fingerprint density at radius 3 is 2.42 bits per heavy atom. The molecule has 4 aromatic rings. The summed E-state index contributed by atoms with van der Waals surface area (Å²) in [4.78, 5) is 18.1. The summed E-state index contributed by atoms with van der Waals surface area (Å²) in [5.41, 5.74) is 2.82. The lowest BCUT2D eigenvalue weighted by atomic mass is 10.0. The maximum absolute atomic E-state index is 13.3. The number of hydrogen-bond acceptors (Lipinski definition) is 3. The number of nitrogens with zero attached hydrogens (tertiary/aromatic N) is 2. The standard InChI is InChI=1S/C28H29ClN2O2/c1-20(2)23-10-5-7-13-26(23)33-19-9-3-8-18-31-27(21-14-16-22(29)17-15-21)30-25-12-6-4-11-24(25)28(31)32/h4-7,10-17,20H,3,8-9,18-19H2,1-2H3. The average molecular weight is 461 g/mol. The Morgan fingerprint density at radius 2 is 1.64 bits per heavy atom. The number of unbranched alkanes of at least 4 members (excludes halogenated alkanes) is 2. The van der Waals surface area contributed by atoms with E-state index >= 15 is 0 Å². The molecule has 4 rings (SSSR count). The first-order valence-corrected chi connectivity index (χ1v) is 11.9. The monoisotopic (exact) mass is 460 g/mol. The van der Waals surface area contributed by atoms with Crippen LogP contribution in [0.3, 0.4) is 0 Å². The predicted molar refractivity (Wildman–Crippen MR) is 136 cm³/mol. The zero-order chi connectivity index (χ0) is 23.2. The molecule has 33 heavy (non-hydrogen) atoms. The van der Waals surface area contributed by atoms with Gasteiger partial charge in [0.15, 0.2) is 0 Å². The van der Waals surface area contributed by atoms with E-state index in [1.807, 2.05) is 60.7 Å². The van der Waals surface area contributed by atoms with Gasteiger partial charge >= 0.3 is 0 Å². The highest BCUT2D eigenvalue weighted by molar-refractivity contribution is 6.30. The topological polar surface area (TPSA) is 44.1 Å². The molecule has 0 atom stereocenters. The fourth-order valence-corrected chi connectivity index (χ4v) is 4.14. The first-order chi connectivity index (χ1) is 16.0. The molecule has 0 aliphatic carbocycles. The number of rotatable bonds is 9. The summed E-state index contributed by atoms with van der Waals surface area (Å²) in [6.45, 7) is 5.63. The van der Waals surface area contributed by atoms with Crippen LogP contribution < -0.4 is 10.3 Å². The van der Waals surface area contributed by atoms with E-state index in [4.69, 9.17) is 21.3 Å². The van der Waals surface area contributed by atoms with Gasteiger partial charge in [-0.05, 0) is 73.2 Å². The van der Waals surface area contributed by atoms with Crippen LogP contribution in [0.15, 0.2) is 77.6 Å². The Kier molecular flexibility index (Phi) is 7.46. The van der Waals surface area contributed by atoms with Crippen LogP contribution in [0.1, 0.15) is 44.6 Å². The van der Waals surface area contributed by atoms with Crippen LogP contribution in [0.25, 0.3) is 22.3 Å². The smallest absolute Gasteiger partial charge is 0.261 e. The molecule has 1 heterocycles. The van der Waals surface area contributed by atoms with Gasteiger partial charge in [0, 0.05) is 17.1 Å². The van der Waals surface area contributed by atoms with Crippen molar-refractivity contribution in [2.24, 2.45) is 0 Å². The molecular formula is C28H29ClN2O2. The molecule has 0 aliphatic heterocycles. The number of hydrogen-bond donors (Lipinski definition) is 0. The van der Waals surface area contributed by atoms with E-state index < -0.39 is 0 Å². The van der Waals surface area contributed by atoms with Crippen molar-refractivity contribution in [3.63, 3.8) is 0 Å². The molecule has 4 nitrogen and oxygen atoms in total. The van der Waals surface area contributed by atoms with Crippen LogP contribution in [0.2, 0.25) is 5.02 Å². The molecule has 3 aromatic carbocycles. The van der Waals surface area contributed by atoms with Crippen molar-refractivity contribution in [3.05, 3.63) is 93.7 Å². The van der Waals surface area contributed by atoms with Crippen molar-refractivity contribution < 1.29 is 4.74 Å². The highest BCUT2D eigenvalue weighted by atomic mass is 35.5. The molecule has 0 N–H and O–H groups in total. The van der Waals surface area contributed by atoms with Crippen LogP contribution in [-0.4, -0.2) is 16.2 Å². The molecule has 170 valence electrons. The van der Waals surface area contributed by atoms with Gasteiger partial charge in [-0.25, -0.2) is 4.98 Å². The van der Waals surface area contributed by atoms with E-state index in [0.717, 1.165) is 30.6 Å².